The second-order valence-electron chi connectivity index (χ2n) is 3.15. The molecule has 86 valence electrons. The van der Waals surface area contributed by atoms with Gasteiger partial charge in [-0.3, -0.25) is 9.59 Å². The summed E-state index contributed by atoms with van der Waals surface area (Å²) in [4.78, 5) is 26.1. The molecule has 0 atom stereocenters. The quantitative estimate of drug-likeness (QED) is 0.559. The van der Waals surface area contributed by atoms with Crippen LogP contribution < -0.4 is 4.84 Å². The van der Waals surface area contributed by atoms with E-state index in [4.69, 9.17) is 9.94 Å². The molecule has 1 aromatic rings. The van der Waals surface area contributed by atoms with Crippen LogP contribution in [0.4, 0.5) is 0 Å². The third-order valence-corrected chi connectivity index (χ3v) is 1.85. The van der Waals surface area contributed by atoms with Crippen molar-refractivity contribution in [1.82, 2.24) is 5.06 Å². The van der Waals surface area contributed by atoms with E-state index < -0.39 is 5.97 Å². The lowest BCUT2D eigenvalue weighted by atomic mass is 10.3. The number of carboxylic acid groups (broad SMARTS) is 1. The molecule has 5 heteroatoms. The number of carboxylic acids is 1. The molecule has 0 aliphatic heterocycles. The van der Waals surface area contributed by atoms with Gasteiger partial charge in [-0.2, -0.15) is 5.06 Å². The van der Waals surface area contributed by atoms with Gasteiger partial charge in [-0.25, -0.2) is 0 Å². The molecule has 0 aliphatic carbocycles. The Morgan fingerprint density at radius 1 is 1.38 bits per heavy atom. The third kappa shape index (κ3) is 4.45. The van der Waals surface area contributed by atoms with Gasteiger partial charge in [-0.1, -0.05) is 18.2 Å². The zero-order chi connectivity index (χ0) is 11.8. The SMILES string of the molecule is O=CN(CCCC(=O)O)Oc1ccccc1. The van der Waals surface area contributed by atoms with E-state index in [1.165, 1.54) is 0 Å². The number of hydroxylamine groups is 2. The number of para-hydroxylation sites is 1. The van der Waals surface area contributed by atoms with Gasteiger partial charge in [0.15, 0.2) is 5.75 Å². The highest BCUT2D eigenvalue weighted by molar-refractivity contribution is 5.66. The molecule has 1 aromatic carbocycles. The Balaban J connectivity index is 2.37. The molecule has 1 N–H and O–H groups in total. The fourth-order valence-electron chi connectivity index (χ4n) is 1.12. The minimum atomic E-state index is -0.884. The molecule has 0 bridgehead atoms. The zero-order valence-electron chi connectivity index (χ0n) is 8.70. The zero-order valence-corrected chi connectivity index (χ0v) is 8.70. The normalized spacial score (nSPS) is 9.50. The number of nitrogens with zero attached hydrogens (tertiary/aromatic N) is 1. The lowest BCUT2D eigenvalue weighted by Gasteiger charge is -2.16. The van der Waals surface area contributed by atoms with Crippen LogP contribution in [0.15, 0.2) is 30.3 Å². The maximum atomic E-state index is 10.6. The lowest BCUT2D eigenvalue weighted by molar-refractivity contribution is -0.144. The van der Waals surface area contributed by atoms with Gasteiger partial charge in [-0.15, -0.1) is 0 Å². The van der Waals surface area contributed by atoms with Crippen LogP contribution in [0.3, 0.4) is 0 Å². The summed E-state index contributed by atoms with van der Waals surface area (Å²) >= 11 is 0. The van der Waals surface area contributed by atoms with Gasteiger partial charge in [-0.05, 0) is 18.6 Å². The predicted octanol–water partition coefficient (Wildman–Crippen LogP) is 1.30. The van der Waals surface area contributed by atoms with Crippen LogP contribution in [0.2, 0.25) is 0 Å². The van der Waals surface area contributed by atoms with Gasteiger partial charge in [0.25, 0.3) is 0 Å². The van der Waals surface area contributed by atoms with Crippen LogP contribution >= 0.6 is 0 Å². The summed E-state index contributed by atoms with van der Waals surface area (Å²) < 4.78 is 0. The number of benzene rings is 1. The lowest BCUT2D eigenvalue weighted by Crippen LogP contribution is -2.27. The van der Waals surface area contributed by atoms with Crippen LogP contribution in [-0.4, -0.2) is 29.1 Å². The topological polar surface area (TPSA) is 66.8 Å². The summed E-state index contributed by atoms with van der Waals surface area (Å²) in [6, 6.07) is 8.84. The number of hydrogen-bond acceptors (Lipinski definition) is 3. The molecular formula is C11H13NO4. The van der Waals surface area contributed by atoms with E-state index in [1.807, 2.05) is 6.07 Å². The third-order valence-electron chi connectivity index (χ3n) is 1.85. The van der Waals surface area contributed by atoms with Gasteiger partial charge in [0.05, 0.1) is 6.54 Å². The molecule has 0 heterocycles. The molecule has 16 heavy (non-hydrogen) atoms. The van der Waals surface area contributed by atoms with Gasteiger partial charge in [0.2, 0.25) is 6.41 Å². The van der Waals surface area contributed by atoms with Gasteiger partial charge in [0.1, 0.15) is 0 Å². The first-order valence-electron chi connectivity index (χ1n) is 4.89. The molecule has 1 amide bonds. The van der Waals surface area contributed by atoms with Gasteiger partial charge < -0.3 is 9.94 Å². The summed E-state index contributed by atoms with van der Waals surface area (Å²) in [6.45, 7) is 0.255. The predicted molar refractivity (Wildman–Crippen MR) is 56.7 cm³/mol. The van der Waals surface area contributed by atoms with E-state index in [9.17, 15) is 9.59 Å². The van der Waals surface area contributed by atoms with E-state index in [0.717, 1.165) is 5.06 Å². The summed E-state index contributed by atoms with van der Waals surface area (Å²) in [5, 5.41) is 9.52. The van der Waals surface area contributed by atoms with E-state index in [-0.39, 0.29) is 13.0 Å². The highest BCUT2D eigenvalue weighted by atomic mass is 16.7. The molecule has 0 aliphatic rings. The molecule has 1 rings (SSSR count). The smallest absolute Gasteiger partial charge is 0.303 e. The van der Waals surface area contributed by atoms with E-state index in [2.05, 4.69) is 0 Å². The largest absolute Gasteiger partial charge is 0.481 e. The van der Waals surface area contributed by atoms with Crippen molar-refractivity contribution < 1.29 is 19.5 Å². The molecule has 0 aromatic heterocycles. The van der Waals surface area contributed by atoms with E-state index in [0.29, 0.717) is 18.6 Å². The van der Waals surface area contributed by atoms with E-state index in [1.54, 1.807) is 24.3 Å². The maximum Gasteiger partial charge on any atom is 0.303 e. The van der Waals surface area contributed by atoms with Crippen LogP contribution in [0.25, 0.3) is 0 Å². The van der Waals surface area contributed by atoms with Gasteiger partial charge in [0, 0.05) is 6.42 Å². The Hall–Kier alpha value is -2.04. The number of rotatable bonds is 7. The summed E-state index contributed by atoms with van der Waals surface area (Å²) in [7, 11) is 0. The van der Waals surface area contributed by atoms with Crippen LogP contribution in [-0.2, 0) is 9.59 Å². The Labute approximate surface area is 93.2 Å². The van der Waals surface area contributed by atoms with Crippen molar-refractivity contribution in [3.8, 4) is 5.75 Å². The van der Waals surface area contributed by atoms with Crippen LogP contribution in [0.5, 0.6) is 5.75 Å². The number of amides is 1. The van der Waals surface area contributed by atoms with Crippen molar-refractivity contribution in [2.75, 3.05) is 6.54 Å². The standard InChI is InChI=1S/C11H13NO4/c13-9-12(8-4-7-11(14)15)16-10-5-2-1-3-6-10/h1-3,5-6,9H,4,7-8H2,(H,14,15). The summed E-state index contributed by atoms with van der Waals surface area (Å²) in [5.41, 5.74) is 0. The van der Waals surface area contributed by atoms with Crippen molar-refractivity contribution in [3.63, 3.8) is 0 Å². The molecular weight excluding hydrogens is 210 g/mol. The monoisotopic (exact) mass is 223 g/mol. The molecule has 0 saturated carbocycles. The van der Waals surface area contributed by atoms with Crippen molar-refractivity contribution in [2.24, 2.45) is 0 Å². The Bertz CT molecular complexity index is 339. The maximum absolute atomic E-state index is 10.6. The number of carbonyl (C=O) groups is 2. The first-order valence-corrected chi connectivity index (χ1v) is 4.89. The fourth-order valence-corrected chi connectivity index (χ4v) is 1.12. The number of hydrogen-bond donors (Lipinski definition) is 1. The average Bonchev–Trinajstić information content (AvgIpc) is 2.28. The second-order valence-corrected chi connectivity index (χ2v) is 3.15. The molecule has 0 saturated heterocycles. The van der Waals surface area contributed by atoms with Crippen LogP contribution in [0.1, 0.15) is 12.8 Å². The van der Waals surface area contributed by atoms with Gasteiger partial charge >= 0.3 is 5.97 Å². The molecule has 0 fully saturated rings. The van der Waals surface area contributed by atoms with Crippen molar-refractivity contribution in [2.45, 2.75) is 12.8 Å². The van der Waals surface area contributed by atoms with Crippen molar-refractivity contribution in [3.05, 3.63) is 30.3 Å². The Kier molecular flexibility index (Phi) is 4.85. The highest BCUT2D eigenvalue weighted by Gasteiger charge is 2.05. The highest BCUT2D eigenvalue weighted by Crippen LogP contribution is 2.09. The first kappa shape index (κ1) is 12.0. The summed E-state index contributed by atoms with van der Waals surface area (Å²) in [6.07, 6.45) is 0.915. The average molecular weight is 223 g/mol. The van der Waals surface area contributed by atoms with Crippen molar-refractivity contribution >= 4 is 12.4 Å². The number of aliphatic carboxylic acids is 1. The minimum Gasteiger partial charge on any atom is -0.481 e. The van der Waals surface area contributed by atoms with Crippen LogP contribution in [0, 0.1) is 0 Å². The molecule has 0 unspecified atom stereocenters. The fraction of sp³-hybridized carbons (Fsp3) is 0.273. The second kappa shape index (κ2) is 6.44. The first-order chi connectivity index (χ1) is 7.72. The number of carbonyl (C=O) groups excluding carboxylic acids is 1. The molecule has 5 nitrogen and oxygen atoms in total. The molecule has 0 radical (unpaired) electrons. The van der Waals surface area contributed by atoms with Crippen molar-refractivity contribution in [1.29, 1.82) is 0 Å². The Morgan fingerprint density at radius 2 is 2.06 bits per heavy atom. The Morgan fingerprint density at radius 3 is 2.62 bits per heavy atom. The summed E-state index contributed by atoms with van der Waals surface area (Å²) in [5.74, 6) is -0.338. The minimum absolute atomic E-state index is 0.0164. The molecule has 0 spiro atoms. The van der Waals surface area contributed by atoms with E-state index >= 15 is 0 Å².